The third-order valence-corrected chi connectivity index (χ3v) is 4.25. The maximum Gasteiger partial charge on any atom is 0.226 e. The summed E-state index contributed by atoms with van der Waals surface area (Å²) in [4.78, 5) is 12.4. The Labute approximate surface area is 148 Å². The van der Waals surface area contributed by atoms with Crippen molar-refractivity contribution in [2.45, 2.75) is 33.2 Å². The summed E-state index contributed by atoms with van der Waals surface area (Å²) >= 11 is 0. The van der Waals surface area contributed by atoms with E-state index in [0.717, 1.165) is 35.6 Å². The van der Waals surface area contributed by atoms with Crippen molar-refractivity contribution >= 4 is 5.91 Å². The highest BCUT2D eigenvalue weighted by atomic mass is 16.5. The van der Waals surface area contributed by atoms with Crippen LogP contribution in [0.3, 0.4) is 0 Å². The predicted octanol–water partition coefficient (Wildman–Crippen LogP) is 2.35. The molecule has 0 spiro atoms. The zero-order valence-electron chi connectivity index (χ0n) is 14.8. The van der Waals surface area contributed by atoms with E-state index in [1.807, 2.05) is 49.1 Å². The number of nitrogens with one attached hydrogen (secondary N) is 1. The summed E-state index contributed by atoms with van der Waals surface area (Å²) in [6.45, 7) is 6.39. The lowest BCUT2D eigenvalue weighted by Crippen LogP contribution is -2.38. The van der Waals surface area contributed by atoms with Gasteiger partial charge in [-0.3, -0.25) is 9.48 Å². The van der Waals surface area contributed by atoms with Crippen LogP contribution in [-0.4, -0.2) is 35.4 Å². The fourth-order valence-electron chi connectivity index (χ4n) is 3.02. The monoisotopic (exact) mass is 343 g/mol. The van der Waals surface area contributed by atoms with Crippen LogP contribution in [0.25, 0.3) is 0 Å². The molecule has 1 atom stereocenters. The smallest absolute Gasteiger partial charge is 0.226 e. The normalized spacial score (nSPS) is 16.0. The highest BCUT2D eigenvalue weighted by Gasteiger charge is 2.27. The number of aromatic nitrogens is 2. The third kappa shape index (κ3) is 4.32. The Kier molecular flexibility index (Phi) is 5.58. The molecular weight excluding hydrogens is 318 g/mol. The second kappa shape index (κ2) is 8.05. The van der Waals surface area contributed by atoms with Crippen LogP contribution in [0.5, 0.6) is 11.5 Å². The number of benzene rings is 1. The van der Waals surface area contributed by atoms with Gasteiger partial charge in [-0.2, -0.15) is 5.10 Å². The summed E-state index contributed by atoms with van der Waals surface area (Å²) in [6.07, 6.45) is 5.38. The molecule has 2 heterocycles. The Morgan fingerprint density at radius 3 is 3.12 bits per heavy atom. The SMILES string of the molecule is CCOc1cccc2c1OCC(C(=O)NCCCn1cc(C)cn1)C2. The van der Waals surface area contributed by atoms with Gasteiger partial charge in [-0.1, -0.05) is 12.1 Å². The second-order valence-corrected chi connectivity index (χ2v) is 6.31. The molecule has 0 saturated heterocycles. The summed E-state index contributed by atoms with van der Waals surface area (Å²) in [7, 11) is 0. The molecule has 1 aromatic carbocycles. The quantitative estimate of drug-likeness (QED) is 0.784. The average molecular weight is 343 g/mol. The standard InChI is InChI=1S/C19H25N3O3/c1-3-24-17-7-4-6-15-10-16(13-25-18(15)17)19(23)20-8-5-9-22-12-14(2)11-21-22/h4,6-7,11-12,16H,3,5,8-10,13H2,1-2H3,(H,20,23). The van der Waals surface area contributed by atoms with Crippen LogP contribution in [0.15, 0.2) is 30.6 Å². The maximum atomic E-state index is 12.4. The van der Waals surface area contributed by atoms with Gasteiger partial charge >= 0.3 is 0 Å². The predicted molar refractivity (Wildman–Crippen MR) is 94.9 cm³/mol. The molecule has 0 fully saturated rings. The first kappa shape index (κ1) is 17.3. The summed E-state index contributed by atoms with van der Waals surface area (Å²) in [5.74, 6) is 1.43. The molecule has 6 nitrogen and oxygen atoms in total. The maximum absolute atomic E-state index is 12.4. The molecule has 134 valence electrons. The van der Waals surface area contributed by atoms with Crippen LogP contribution in [0, 0.1) is 12.8 Å². The molecule has 1 unspecified atom stereocenters. The number of hydrogen-bond acceptors (Lipinski definition) is 4. The Balaban J connectivity index is 1.48. The van der Waals surface area contributed by atoms with Crippen molar-refractivity contribution in [2.75, 3.05) is 19.8 Å². The molecule has 0 saturated carbocycles. The van der Waals surface area contributed by atoms with E-state index in [-0.39, 0.29) is 11.8 Å². The van der Waals surface area contributed by atoms with E-state index in [9.17, 15) is 4.79 Å². The fourth-order valence-corrected chi connectivity index (χ4v) is 3.02. The Morgan fingerprint density at radius 1 is 1.48 bits per heavy atom. The van der Waals surface area contributed by atoms with E-state index in [2.05, 4.69) is 10.4 Å². The van der Waals surface area contributed by atoms with Crippen LogP contribution >= 0.6 is 0 Å². The number of fused-ring (bicyclic) bond motifs is 1. The van der Waals surface area contributed by atoms with Crippen molar-refractivity contribution in [3.05, 3.63) is 41.7 Å². The first-order valence-electron chi connectivity index (χ1n) is 8.81. The molecule has 0 radical (unpaired) electrons. The number of rotatable bonds is 7. The van der Waals surface area contributed by atoms with Gasteiger partial charge < -0.3 is 14.8 Å². The first-order valence-corrected chi connectivity index (χ1v) is 8.81. The van der Waals surface area contributed by atoms with Gasteiger partial charge in [0.15, 0.2) is 11.5 Å². The van der Waals surface area contributed by atoms with Gasteiger partial charge in [0.25, 0.3) is 0 Å². The molecule has 1 amide bonds. The Hall–Kier alpha value is -2.50. The number of para-hydroxylation sites is 1. The van der Waals surface area contributed by atoms with Crippen molar-refractivity contribution in [3.63, 3.8) is 0 Å². The van der Waals surface area contributed by atoms with Gasteiger partial charge in [0, 0.05) is 19.3 Å². The molecule has 1 aliphatic heterocycles. The van der Waals surface area contributed by atoms with Gasteiger partial charge in [0.2, 0.25) is 5.91 Å². The van der Waals surface area contributed by atoms with Crippen LogP contribution in [0.4, 0.5) is 0 Å². The van der Waals surface area contributed by atoms with Crippen LogP contribution in [0.1, 0.15) is 24.5 Å². The Bertz CT molecular complexity index is 726. The number of carbonyl (C=O) groups excluding carboxylic acids is 1. The zero-order chi connectivity index (χ0) is 17.6. The fraction of sp³-hybridized carbons (Fsp3) is 0.474. The van der Waals surface area contributed by atoms with E-state index in [0.29, 0.717) is 26.2 Å². The summed E-state index contributed by atoms with van der Waals surface area (Å²) in [6, 6.07) is 5.84. The topological polar surface area (TPSA) is 65.4 Å². The minimum absolute atomic E-state index is 0.0455. The lowest BCUT2D eigenvalue weighted by molar-refractivity contribution is -0.126. The summed E-state index contributed by atoms with van der Waals surface area (Å²) in [5.41, 5.74) is 2.18. The van der Waals surface area contributed by atoms with E-state index in [1.54, 1.807) is 0 Å². The number of amides is 1. The molecule has 6 heteroatoms. The van der Waals surface area contributed by atoms with Crippen LogP contribution in [0.2, 0.25) is 0 Å². The molecule has 1 aromatic heterocycles. The van der Waals surface area contributed by atoms with Gasteiger partial charge in [-0.15, -0.1) is 0 Å². The number of hydrogen-bond donors (Lipinski definition) is 1. The van der Waals surface area contributed by atoms with Crippen LogP contribution < -0.4 is 14.8 Å². The summed E-state index contributed by atoms with van der Waals surface area (Å²) < 4.78 is 13.3. The van der Waals surface area contributed by atoms with Gasteiger partial charge in [0.05, 0.1) is 18.7 Å². The molecule has 0 aliphatic carbocycles. The minimum Gasteiger partial charge on any atom is -0.490 e. The first-order chi connectivity index (χ1) is 12.2. The lowest BCUT2D eigenvalue weighted by Gasteiger charge is -2.26. The van der Waals surface area contributed by atoms with Gasteiger partial charge in [-0.25, -0.2) is 0 Å². The van der Waals surface area contributed by atoms with Crippen molar-refractivity contribution in [2.24, 2.45) is 5.92 Å². The van der Waals surface area contributed by atoms with E-state index in [1.165, 1.54) is 0 Å². The third-order valence-electron chi connectivity index (χ3n) is 4.25. The highest BCUT2D eigenvalue weighted by Crippen LogP contribution is 2.36. The molecule has 3 rings (SSSR count). The zero-order valence-corrected chi connectivity index (χ0v) is 14.8. The molecule has 2 aromatic rings. The van der Waals surface area contributed by atoms with Crippen LogP contribution in [-0.2, 0) is 17.8 Å². The number of nitrogens with zero attached hydrogens (tertiary/aromatic N) is 2. The minimum atomic E-state index is -0.156. The molecule has 1 aliphatic rings. The van der Waals surface area contributed by atoms with E-state index in [4.69, 9.17) is 9.47 Å². The van der Waals surface area contributed by atoms with Crippen molar-refractivity contribution < 1.29 is 14.3 Å². The number of ether oxygens (including phenoxy) is 2. The van der Waals surface area contributed by atoms with E-state index >= 15 is 0 Å². The largest absolute Gasteiger partial charge is 0.490 e. The average Bonchev–Trinajstić information content (AvgIpc) is 3.04. The molecule has 0 bridgehead atoms. The van der Waals surface area contributed by atoms with Gasteiger partial charge in [-0.05, 0) is 43.9 Å². The number of aryl methyl sites for hydroxylation is 2. The molecular formula is C19H25N3O3. The second-order valence-electron chi connectivity index (χ2n) is 6.31. The number of carbonyl (C=O) groups is 1. The molecule has 1 N–H and O–H groups in total. The van der Waals surface area contributed by atoms with Crippen molar-refractivity contribution in [3.8, 4) is 11.5 Å². The molecule has 25 heavy (non-hydrogen) atoms. The lowest BCUT2D eigenvalue weighted by atomic mass is 9.95. The van der Waals surface area contributed by atoms with Crippen molar-refractivity contribution in [1.29, 1.82) is 0 Å². The summed E-state index contributed by atoms with van der Waals surface area (Å²) in [5, 5.41) is 7.25. The van der Waals surface area contributed by atoms with E-state index < -0.39 is 0 Å². The van der Waals surface area contributed by atoms with Crippen molar-refractivity contribution in [1.82, 2.24) is 15.1 Å². The van der Waals surface area contributed by atoms with Gasteiger partial charge in [0.1, 0.15) is 6.61 Å². The Morgan fingerprint density at radius 2 is 2.36 bits per heavy atom. The highest BCUT2D eigenvalue weighted by molar-refractivity contribution is 5.79.